The summed E-state index contributed by atoms with van der Waals surface area (Å²) in [4.78, 5) is 0.615. The molecule has 0 bridgehead atoms. The van der Waals surface area contributed by atoms with Crippen molar-refractivity contribution in [3.8, 4) is 0 Å². The van der Waals surface area contributed by atoms with Crippen molar-refractivity contribution in [1.82, 2.24) is 5.32 Å². The maximum atomic E-state index is 12.5. The molecule has 1 saturated heterocycles. The largest absolute Gasteiger partial charge is 0.382 e. The van der Waals surface area contributed by atoms with Gasteiger partial charge in [-0.1, -0.05) is 23.9 Å². The van der Waals surface area contributed by atoms with Gasteiger partial charge in [0.25, 0.3) is 5.76 Å². The zero-order valence-corrected chi connectivity index (χ0v) is 11.9. The molecular weight excluding hydrogens is 266 g/mol. The fourth-order valence-electron chi connectivity index (χ4n) is 2.49. The van der Waals surface area contributed by atoms with E-state index in [1.54, 1.807) is 12.1 Å². The van der Waals surface area contributed by atoms with Gasteiger partial charge in [0.1, 0.15) is 0 Å². The minimum absolute atomic E-state index is 0.273. The van der Waals surface area contributed by atoms with Gasteiger partial charge in [-0.25, -0.2) is 0 Å². The molecular formula is C14H20F2N2S. The Morgan fingerprint density at radius 1 is 1.42 bits per heavy atom. The smallest absolute Gasteiger partial charge is 0.288 e. The van der Waals surface area contributed by atoms with Crippen LogP contribution in [0.5, 0.6) is 0 Å². The number of benzene rings is 1. The molecule has 2 rings (SSSR count). The summed E-state index contributed by atoms with van der Waals surface area (Å²) in [5.74, 6) is -2.38. The van der Waals surface area contributed by atoms with Crippen LogP contribution in [0.3, 0.4) is 0 Å². The quantitative estimate of drug-likeness (QED) is 0.774. The SMILES string of the molecule is CC(CC1CCCN1)Nc1ccccc1SC(F)F. The Bertz CT molecular complexity index is 395. The maximum Gasteiger partial charge on any atom is 0.288 e. The second kappa shape index (κ2) is 7.10. The van der Waals surface area contributed by atoms with E-state index in [9.17, 15) is 8.78 Å². The Hall–Kier alpha value is -0.810. The predicted molar refractivity (Wildman–Crippen MR) is 77.0 cm³/mol. The van der Waals surface area contributed by atoms with E-state index in [4.69, 9.17) is 0 Å². The number of nitrogens with one attached hydrogen (secondary N) is 2. The number of thioether (sulfide) groups is 1. The molecule has 5 heteroatoms. The minimum Gasteiger partial charge on any atom is -0.382 e. The van der Waals surface area contributed by atoms with Crippen LogP contribution in [0.15, 0.2) is 29.2 Å². The first kappa shape index (κ1) is 14.6. The molecule has 0 spiro atoms. The van der Waals surface area contributed by atoms with Gasteiger partial charge in [-0.15, -0.1) is 0 Å². The number of hydrogen-bond donors (Lipinski definition) is 2. The molecule has 2 unspecified atom stereocenters. The molecule has 1 aliphatic heterocycles. The highest BCUT2D eigenvalue weighted by Gasteiger charge is 2.18. The third kappa shape index (κ3) is 4.66. The van der Waals surface area contributed by atoms with Crippen LogP contribution in [0.2, 0.25) is 0 Å². The van der Waals surface area contributed by atoms with Crippen LogP contribution in [0.25, 0.3) is 0 Å². The van der Waals surface area contributed by atoms with E-state index in [1.165, 1.54) is 12.8 Å². The van der Waals surface area contributed by atoms with Gasteiger partial charge in [0.15, 0.2) is 0 Å². The third-order valence-corrected chi connectivity index (χ3v) is 4.09. The number of alkyl halides is 2. The molecule has 1 aromatic rings. The lowest BCUT2D eigenvalue weighted by molar-refractivity contribution is 0.252. The highest BCUT2D eigenvalue weighted by atomic mass is 32.2. The first-order valence-corrected chi connectivity index (χ1v) is 7.57. The summed E-state index contributed by atoms with van der Waals surface area (Å²) in [5.41, 5.74) is 0.804. The normalized spacial score (nSPS) is 20.7. The topological polar surface area (TPSA) is 24.1 Å². The number of para-hydroxylation sites is 1. The van der Waals surface area contributed by atoms with Gasteiger partial charge in [0.2, 0.25) is 0 Å². The summed E-state index contributed by atoms with van der Waals surface area (Å²) in [6.45, 7) is 3.19. The first-order valence-electron chi connectivity index (χ1n) is 6.69. The number of anilines is 1. The van der Waals surface area contributed by atoms with Crippen molar-refractivity contribution in [2.45, 2.75) is 48.9 Å². The van der Waals surface area contributed by atoms with E-state index in [0.29, 0.717) is 22.7 Å². The molecule has 2 N–H and O–H groups in total. The van der Waals surface area contributed by atoms with Crippen molar-refractivity contribution in [1.29, 1.82) is 0 Å². The van der Waals surface area contributed by atoms with Gasteiger partial charge in [-0.3, -0.25) is 0 Å². The van der Waals surface area contributed by atoms with Crippen molar-refractivity contribution in [2.75, 3.05) is 11.9 Å². The minimum atomic E-state index is -2.38. The fourth-order valence-corrected chi connectivity index (χ4v) is 3.10. The first-order chi connectivity index (χ1) is 9.15. The lowest BCUT2D eigenvalue weighted by atomic mass is 10.1. The van der Waals surface area contributed by atoms with Crippen molar-refractivity contribution < 1.29 is 8.78 Å². The van der Waals surface area contributed by atoms with Crippen molar-refractivity contribution in [3.05, 3.63) is 24.3 Å². The molecule has 0 saturated carbocycles. The van der Waals surface area contributed by atoms with Crippen LogP contribution < -0.4 is 10.6 Å². The summed E-state index contributed by atoms with van der Waals surface area (Å²) < 4.78 is 25.0. The standard InChI is InChI=1S/C14H20F2N2S/c1-10(9-11-5-4-8-17-11)18-12-6-2-3-7-13(12)19-14(15)16/h2-3,6-7,10-11,14,17-18H,4-5,8-9H2,1H3. The summed E-state index contributed by atoms with van der Waals surface area (Å²) in [7, 11) is 0. The lowest BCUT2D eigenvalue weighted by Gasteiger charge is -2.21. The van der Waals surface area contributed by atoms with E-state index in [-0.39, 0.29) is 6.04 Å². The van der Waals surface area contributed by atoms with Gasteiger partial charge >= 0.3 is 0 Å². The van der Waals surface area contributed by atoms with Gasteiger partial charge < -0.3 is 10.6 Å². The van der Waals surface area contributed by atoms with Crippen LogP contribution in [0.1, 0.15) is 26.2 Å². The summed E-state index contributed by atoms with van der Waals surface area (Å²) >= 11 is 0.598. The van der Waals surface area contributed by atoms with E-state index in [2.05, 4.69) is 17.6 Å². The fraction of sp³-hybridized carbons (Fsp3) is 0.571. The van der Waals surface area contributed by atoms with E-state index >= 15 is 0 Å². The maximum absolute atomic E-state index is 12.5. The average Bonchev–Trinajstić information content (AvgIpc) is 2.83. The summed E-state index contributed by atoms with van der Waals surface area (Å²) in [6.07, 6.45) is 3.46. The monoisotopic (exact) mass is 286 g/mol. The second-order valence-corrected chi connectivity index (χ2v) is 5.98. The van der Waals surface area contributed by atoms with Crippen molar-refractivity contribution in [3.63, 3.8) is 0 Å². The highest BCUT2D eigenvalue weighted by Crippen LogP contribution is 2.32. The Morgan fingerprint density at radius 3 is 2.89 bits per heavy atom. The molecule has 2 nitrogen and oxygen atoms in total. The third-order valence-electron chi connectivity index (χ3n) is 3.31. The van der Waals surface area contributed by atoms with Crippen LogP contribution in [-0.4, -0.2) is 24.4 Å². The predicted octanol–water partition coefficient (Wildman–Crippen LogP) is 3.94. The number of halogens is 2. The van der Waals surface area contributed by atoms with Gasteiger partial charge in [-0.2, -0.15) is 8.78 Å². The Kier molecular flexibility index (Phi) is 5.45. The van der Waals surface area contributed by atoms with Crippen LogP contribution in [0.4, 0.5) is 14.5 Å². The zero-order chi connectivity index (χ0) is 13.7. The van der Waals surface area contributed by atoms with Crippen molar-refractivity contribution in [2.24, 2.45) is 0 Å². The molecule has 1 aromatic carbocycles. The van der Waals surface area contributed by atoms with Gasteiger partial charge in [0.05, 0.1) is 0 Å². The molecule has 1 aliphatic rings. The van der Waals surface area contributed by atoms with Gasteiger partial charge in [-0.05, 0) is 44.9 Å². The molecule has 0 amide bonds. The van der Waals surface area contributed by atoms with Crippen LogP contribution in [0, 0.1) is 0 Å². The van der Waals surface area contributed by atoms with E-state index in [1.807, 2.05) is 12.1 Å². The van der Waals surface area contributed by atoms with Crippen LogP contribution in [-0.2, 0) is 0 Å². The Labute approximate surface area is 117 Å². The molecule has 106 valence electrons. The lowest BCUT2D eigenvalue weighted by Crippen LogP contribution is -2.29. The van der Waals surface area contributed by atoms with Gasteiger partial charge in [0, 0.05) is 22.7 Å². The zero-order valence-electron chi connectivity index (χ0n) is 11.0. The molecule has 1 fully saturated rings. The Morgan fingerprint density at radius 2 is 2.21 bits per heavy atom. The molecule has 0 aliphatic carbocycles. The average molecular weight is 286 g/mol. The van der Waals surface area contributed by atoms with E-state index < -0.39 is 5.76 Å². The molecule has 0 radical (unpaired) electrons. The Balaban J connectivity index is 1.93. The molecule has 1 heterocycles. The molecule has 2 atom stereocenters. The molecule has 0 aromatic heterocycles. The van der Waals surface area contributed by atoms with Crippen LogP contribution >= 0.6 is 11.8 Å². The van der Waals surface area contributed by atoms with E-state index in [0.717, 1.165) is 18.7 Å². The highest BCUT2D eigenvalue weighted by molar-refractivity contribution is 7.99. The number of rotatable bonds is 6. The summed E-state index contributed by atoms with van der Waals surface area (Å²) in [5, 5.41) is 6.80. The second-order valence-electron chi connectivity index (χ2n) is 4.95. The number of hydrogen-bond acceptors (Lipinski definition) is 3. The van der Waals surface area contributed by atoms with Crippen molar-refractivity contribution >= 4 is 17.4 Å². The molecule has 19 heavy (non-hydrogen) atoms. The summed E-state index contributed by atoms with van der Waals surface area (Å²) in [6, 6.07) is 8.09.